The van der Waals surface area contributed by atoms with Crippen molar-refractivity contribution in [1.82, 2.24) is 4.98 Å². The van der Waals surface area contributed by atoms with Gasteiger partial charge in [-0.3, -0.25) is 0 Å². The number of para-hydroxylation sites is 1. The number of aliphatic hydroxyl groups is 1. The lowest BCUT2D eigenvalue weighted by molar-refractivity contribution is -0.129. The van der Waals surface area contributed by atoms with E-state index in [9.17, 15) is 9.90 Å². The summed E-state index contributed by atoms with van der Waals surface area (Å²) in [6, 6.07) is 12.0. The van der Waals surface area contributed by atoms with Gasteiger partial charge in [-0.05, 0) is 62.0 Å². The summed E-state index contributed by atoms with van der Waals surface area (Å²) in [7, 11) is 1.39. The molecule has 1 unspecified atom stereocenters. The standard InChI is InChI=1S/C23H27N3O3/c1-29-22(27)18-13-24-20(25-17-5-3-2-4-6-17)9-19(18)26-21-15-7-14-8-16(21)12-23(28,10-14)11-15/h2-6,9,13-16,21,28H,7-8,10-12H2,1H3,(H2,24,25,26)/t14?,15-,16+,21-,23-. The fraction of sp³-hybridized carbons (Fsp3) is 0.478. The summed E-state index contributed by atoms with van der Waals surface area (Å²) in [5.74, 6) is 1.80. The molecule has 4 aliphatic rings. The summed E-state index contributed by atoms with van der Waals surface area (Å²) in [4.78, 5) is 16.7. The van der Waals surface area contributed by atoms with E-state index in [1.54, 1.807) is 6.20 Å². The molecule has 6 nitrogen and oxygen atoms in total. The Balaban J connectivity index is 1.43. The number of nitrogens with zero attached hydrogens (tertiary/aromatic N) is 1. The van der Waals surface area contributed by atoms with E-state index in [-0.39, 0.29) is 6.04 Å². The highest BCUT2D eigenvalue weighted by Gasteiger charge is 2.54. The molecule has 152 valence electrons. The quantitative estimate of drug-likeness (QED) is 0.667. The summed E-state index contributed by atoms with van der Waals surface area (Å²) < 4.78 is 4.98. The van der Waals surface area contributed by atoms with Crippen LogP contribution in [0.1, 0.15) is 42.5 Å². The molecule has 6 rings (SSSR count). The number of carbonyl (C=O) groups is 1. The van der Waals surface area contributed by atoms with Crippen LogP contribution in [-0.2, 0) is 4.74 Å². The Labute approximate surface area is 170 Å². The largest absolute Gasteiger partial charge is 0.465 e. The number of hydrogen-bond acceptors (Lipinski definition) is 6. The molecule has 4 aliphatic carbocycles. The molecule has 2 aromatic rings. The van der Waals surface area contributed by atoms with Crippen molar-refractivity contribution < 1.29 is 14.6 Å². The zero-order valence-electron chi connectivity index (χ0n) is 16.6. The first-order valence-electron chi connectivity index (χ1n) is 10.4. The van der Waals surface area contributed by atoms with Gasteiger partial charge in [0.05, 0.1) is 18.4 Å². The molecule has 29 heavy (non-hydrogen) atoms. The number of nitrogens with one attached hydrogen (secondary N) is 2. The van der Waals surface area contributed by atoms with Gasteiger partial charge in [-0.1, -0.05) is 18.2 Å². The normalized spacial score (nSPS) is 32.1. The van der Waals surface area contributed by atoms with Gasteiger partial charge in [0.1, 0.15) is 11.4 Å². The van der Waals surface area contributed by atoms with E-state index in [2.05, 4.69) is 15.6 Å². The molecule has 4 fully saturated rings. The van der Waals surface area contributed by atoms with Gasteiger partial charge in [0, 0.05) is 24.0 Å². The van der Waals surface area contributed by atoms with Crippen LogP contribution < -0.4 is 10.6 Å². The molecule has 0 spiro atoms. The summed E-state index contributed by atoms with van der Waals surface area (Å²) in [5, 5.41) is 17.8. The van der Waals surface area contributed by atoms with Gasteiger partial charge in [0.25, 0.3) is 0 Å². The predicted molar refractivity (Wildman–Crippen MR) is 111 cm³/mol. The molecule has 4 saturated carbocycles. The van der Waals surface area contributed by atoms with E-state index >= 15 is 0 Å². The highest BCUT2D eigenvalue weighted by atomic mass is 16.5. The molecule has 1 heterocycles. The Hall–Kier alpha value is -2.60. The van der Waals surface area contributed by atoms with Crippen LogP contribution in [0.5, 0.6) is 0 Å². The number of rotatable bonds is 5. The second-order valence-electron chi connectivity index (χ2n) is 8.96. The van der Waals surface area contributed by atoms with Crippen LogP contribution in [0.2, 0.25) is 0 Å². The van der Waals surface area contributed by atoms with E-state index in [4.69, 9.17) is 4.74 Å². The number of aromatic nitrogens is 1. The van der Waals surface area contributed by atoms with Crippen molar-refractivity contribution >= 4 is 23.2 Å². The molecule has 4 bridgehead atoms. The fourth-order valence-corrected chi connectivity index (χ4v) is 5.98. The van der Waals surface area contributed by atoms with Crippen LogP contribution in [0, 0.1) is 17.8 Å². The van der Waals surface area contributed by atoms with Gasteiger partial charge in [-0.15, -0.1) is 0 Å². The fourth-order valence-electron chi connectivity index (χ4n) is 5.98. The van der Waals surface area contributed by atoms with Gasteiger partial charge in [0.15, 0.2) is 0 Å². The lowest BCUT2D eigenvalue weighted by atomic mass is 9.52. The summed E-state index contributed by atoms with van der Waals surface area (Å²) in [5.41, 5.74) is 1.65. The summed E-state index contributed by atoms with van der Waals surface area (Å²) in [6.07, 6.45) is 6.55. The highest BCUT2D eigenvalue weighted by Crippen LogP contribution is 2.56. The van der Waals surface area contributed by atoms with Crippen molar-refractivity contribution in [2.75, 3.05) is 17.7 Å². The van der Waals surface area contributed by atoms with Crippen molar-refractivity contribution in [3.05, 3.63) is 48.2 Å². The van der Waals surface area contributed by atoms with Crippen LogP contribution in [0.25, 0.3) is 0 Å². The van der Waals surface area contributed by atoms with Gasteiger partial charge >= 0.3 is 5.97 Å². The summed E-state index contributed by atoms with van der Waals surface area (Å²) >= 11 is 0. The molecule has 0 radical (unpaired) electrons. The van der Waals surface area contributed by atoms with Crippen molar-refractivity contribution in [3.63, 3.8) is 0 Å². The van der Waals surface area contributed by atoms with E-state index in [1.165, 1.54) is 7.11 Å². The maximum atomic E-state index is 12.3. The molecule has 3 N–H and O–H groups in total. The maximum absolute atomic E-state index is 12.3. The topological polar surface area (TPSA) is 83.5 Å². The zero-order chi connectivity index (χ0) is 20.0. The molecule has 5 atom stereocenters. The summed E-state index contributed by atoms with van der Waals surface area (Å²) in [6.45, 7) is 0. The third-order valence-electron chi connectivity index (χ3n) is 6.92. The van der Waals surface area contributed by atoms with E-state index < -0.39 is 11.6 Å². The van der Waals surface area contributed by atoms with Crippen LogP contribution >= 0.6 is 0 Å². The second kappa shape index (κ2) is 7.02. The lowest BCUT2D eigenvalue weighted by Crippen LogP contribution is -2.59. The second-order valence-corrected chi connectivity index (χ2v) is 8.96. The number of ether oxygens (including phenoxy) is 1. The average molecular weight is 393 g/mol. The highest BCUT2D eigenvalue weighted by molar-refractivity contribution is 5.96. The third kappa shape index (κ3) is 3.46. The number of methoxy groups -OCH3 is 1. The van der Waals surface area contributed by atoms with Crippen LogP contribution in [-0.4, -0.2) is 34.8 Å². The zero-order valence-corrected chi connectivity index (χ0v) is 16.6. The van der Waals surface area contributed by atoms with Crippen molar-refractivity contribution in [2.45, 2.75) is 43.7 Å². The Bertz CT molecular complexity index is 901. The molecule has 6 heteroatoms. The van der Waals surface area contributed by atoms with E-state index in [0.717, 1.165) is 43.5 Å². The smallest absolute Gasteiger partial charge is 0.341 e. The van der Waals surface area contributed by atoms with Gasteiger partial charge in [0.2, 0.25) is 0 Å². The molecular weight excluding hydrogens is 366 g/mol. The number of carbonyl (C=O) groups excluding carboxylic acids is 1. The number of anilines is 3. The van der Waals surface area contributed by atoms with Crippen LogP contribution in [0.3, 0.4) is 0 Å². The Morgan fingerprint density at radius 2 is 1.90 bits per heavy atom. The van der Waals surface area contributed by atoms with E-state index in [1.807, 2.05) is 36.4 Å². The van der Waals surface area contributed by atoms with Gasteiger partial charge in [-0.2, -0.15) is 0 Å². The Morgan fingerprint density at radius 1 is 1.17 bits per heavy atom. The maximum Gasteiger partial charge on any atom is 0.341 e. The SMILES string of the molecule is COC(=O)c1cnc(Nc2ccccc2)cc1N[C@@H]1[C@@H]2CC3C[C@H]1C[C@@](O)(C3)C2. The molecule has 1 aromatic heterocycles. The van der Waals surface area contributed by atoms with Crippen LogP contribution in [0.15, 0.2) is 42.6 Å². The number of hydrogen-bond donors (Lipinski definition) is 3. The van der Waals surface area contributed by atoms with Gasteiger partial charge < -0.3 is 20.5 Å². The van der Waals surface area contributed by atoms with Gasteiger partial charge in [-0.25, -0.2) is 9.78 Å². The van der Waals surface area contributed by atoms with Crippen molar-refractivity contribution in [2.24, 2.45) is 17.8 Å². The molecular formula is C23H27N3O3. The van der Waals surface area contributed by atoms with Crippen molar-refractivity contribution in [1.29, 1.82) is 0 Å². The molecule has 0 saturated heterocycles. The van der Waals surface area contributed by atoms with E-state index in [0.29, 0.717) is 29.1 Å². The minimum atomic E-state index is -0.474. The van der Waals surface area contributed by atoms with Crippen molar-refractivity contribution in [3.8, 4) is 0 Å². The molecule has 0 aliphatic heterocycles. The average Bonchev–Trinajstić information content (AvgIpc) is 2.70. The Kier molecular flexibility index (Phi) is 4.46. The monoisotopic (exact) mass is 393 g/mol. The minimum absolute atomic E-state index is 0.266. The first-order valence-corrected chi connectivity index (χ1v) is 10.4. The first-order chi connectivity index (χ1) is 14.0. The Morgan fingerprint density at radius 3 is 2.55 bits per heavy atom. The number of esters is 1. The number of pyridine rings is 1. The van der Waals surface area contributed by atoms with Crippen LogP contribution in [0.4, 0.5) is 17.2 Å². The molecule has 0 amide bonds. The molecule has 1 aromatic carbocycles. The predicted octanol–water partition coefficient (Wildman–Crippen LogP) is 3.96. The number of benzene rings is 1. The first kappa shape index (κ1) is 18.4. The lowest BCUT2D eigenvalue weighted by Gasteiger charge is -2.58. The third-order valence-corrected chi connectivity index (χ3v) is 6.92. The minimum Gasteiger partial charge on any atom is -0.465 e.